The topological polar surface area (TPSA) is 35.2 Å². The second-order valence-electron chi connectivity index (χ2n) is 3.94. The van der Waals surface area contributed by atoms with Gasteiger partial charge in [0.2, 0.25) is 0 Å². The van der Waals surface area contributed by atoms with E-state index >= 15 is 0 Å². The van der Waals surface area contributed by atoms with Crippen molar-refractivity contribution >= 4 is 0 Å². The van der Waals surface area contributed by atoms with Gasteiger partial charge in [-0.05, 0) is 30.5 Å². The molecule has 0 amide bonds. The third kappa shape index (κ3) is 2.73. The van der Waals surface area contributed by atoms with E-state index in [1.807, 2.05) is 0 Å². The molecular weight excluding hydrogens is 200 g/mol. The van der Waals surface area contributed by atoms with E-state index in [2.05, 4.69) is 0 Å². The monoisotopic (exact) mass is 213 g/mol. The zero-order valence-electron chi connectivity index (χ0n) is 8.25. The fraction of sp³-hybridized carbons (Fsp3) is 0.455. The molecule has 0 bridgehead atoms. The maximum absolute atomic E-state index is 12.8. The third-order valence-corrected chi connectivity index (χ3v) is 2.54. The summed E-state index contributed by atoms with van der Waals surface area (Å²) in [5.41, 5.74) is 6.11. The predicted octanol–water partition coefficient (Wildman–Crippen LogP) is 1.97. The van der Waals surface area contributed by atoms with Gasteiger partial charge in [0.15, 0.2) is 0 Å². The van der Waals surface area contributed by atoms with Crippen molar-refractivity contribution in [2.75, 3.05) is 0 Å². The first-order valence-electron chi connectivity index (χ1n) is 4.95. The smallest absolute Gasteiger partial charge is 0.126 e. The second kappa shape index (κ2) is 4.24. The van der Waals surface area contributed by atoms with Gasteiger partial charge in [-0.3, -0.25) is 0 Å². The lowest BCUT2D eigenvalue weighted by Gasteiger charge is -2.32. The molecule has 0 radical (unpaired) electrons. The fourth-order valence-electron chi connectivity index (χ4n) is 1.65. The summed E-state index contributed by atoms with van der Waals surface area (Å²) in [7, 11) is 0. The lowest BCUT2D eigenvalue weighted by Crippen LogP contribution is -2.41. The van der Waals surface area contributed by atoms with Crippen molar-refractivity contribution < 1.29 is 13.5 Å². The summed E-state index contributed by atoms with van der Waals surface area (Å²) in [6.45, 7) is 0.242. The van der Waals surface area contributed by atoms with E-state index in [-0.39, 0.29) is 18.8 Å². The average molecular weight is 213 g/mol. The minimum absolute atomic E-state index is 0.145. The molecule has 0 spiro atoms. The van der Waals surface area contributed by atoms with Gasteiger partial charge in [-0.2, -0.15) is 0 Å². The first kappa shape index (κ1) is 10.5. The summed E-state index contributed by atoms with van der Waals surface area (Å²) in [4.78, 5) is 0. The molecule has 1 aromatic carbocycles. The lowest BCUT2D eigenvalue weighted by atomic mass is 9.90. The number of hydrogen-bond acceptors (Lipinski definition) is 2. The Morgan fingerprint density at radius 1 is 1.20 bits per heavy atom. The highest BCUT2D eigenvalue weighted by Gasteiger charge is 2.26. The molecule has 0 unspecified atom stereocenters. The summed E-state index contributed by atoms with van der Waals surface area (Å²) in [5.74, 6) is -1.14. The lowest BCUT2D eigenvalue weighted by molar-refractivity contribution is -0.0190. The first-order valence-corrected chi connectivity index (χ1v) is 4.95. The number of benzene rings is 1. The molecule has 0 aliphatic heterocycles. The Kier molecular flexibility index (Phi) is 2.98. The molecule has 2 rings (SSSR count). The predicted molar refractivity (Wildman–Crippen MR) is 52.1 cm³/mol. The van der Waals surface area contributed by atoms with Crippen molar-refractivity contribution in [2.45, 2.75) is 31.6 Å². The molecule has 1 aromatic rings. The molecule has 82 valence electrons. The number of rotatable bonds is 3. The zero-order valence-corrected chi connectivity index (χ0v) is 8.25. The van der Waals surface area contributed by atoms with Crippen molar-refractivity contribution in [1.29, 1.82) is 0 Å². The molecule has 0 saturated heterocycles. The quantitative estimate of drug-likeness (QED) is 0.833. The highest BCUT2D eigenvalue weighted by Crippen LogP contribution is 2.22. The summed E-state index contributed by atoms with van der Waals surface area (Å²) in [6, 6.07) is 3.63. The molecule has 0 atom stereocenters. The van der Waals surface area contributed by atoms with Gasteiger partial charge in [0.1, 0.15) is 11.6 Å². The van der Waals surface area contributed by atoms with Crippen molar-refractivity contribution in [1.82, 2.24) is 0 Å². The Morgan fingerprint density at radius 3 is 2.33 bits per heavy atom. The second-order valence-corrected chi connectivity index (χ2v) is 3.94. The van der Waals surface area contributed by atoms with E-state index in [1.165, 1.54) is 12.1 Å². The summed E-state index contributed by atoms with van der Waals surface area (Å²) in [6.07, 6.45) is 1.81. The number of nitrogens with two attached hydrogens (primary N) is 1. The minimum atomic E-state index is -0.570. The Labute approximate surface area is 87.0 Å². The number of hydrogen-bond donors (Lipinski definition) is 1. The van der Waals surface area contributed by atoms with Gasteiger partial charge in [-0.15, -0.1) is 0 Å². The van der Waals surface area contributed by atoms with Crippen LogP contribution in [-0.2, 0) is 11.3 Å². The van der Waals surface area contributed by atoms with Crippen LogP contribution in [0.25, 0.3) is 0 Å². The molecule has 2 N–H and O–H groups in total. The van der Waals surface area contributed by atoms with Crippen molar-refractivity contribution in [3.8, 4) is 0 Å². The summed E-state index contributed by atoms with van der Waals surface area (Å²) < 4.78 is 31.0. The van der Waals surface area contributed by atoms with Gasteiger partial charge in [0.25, 0.3) is 0 Å². The third-order valence-electron chi connectivity index (χ3n) is 2.54. The molecule has 1 aliphatic carbocycles. The molecule has 0 aromatic heterocycles. The SMILES string of the molecule is NC1CC(OCc2cc(F)cc(F)c2)C1. The number of halogens is 2. The van der Waals surface area contributed by atoms with E-state index < -0.39 is 11.6 Å². The summed E-state index contributed by atoms with van der Waals surface area (Å²) >= 11 is 0. The van der Waals surface area contributed by atoms with Crippen molar-refractivity contribution in [3.05, 3.63) is 35.4 Å². The van der Waals surface area contributed by atoms with Crippen LogP contribution in [0.3, 0.4) is 0 Å². The molecule has 2 nitrogen and oxygen atoms in total. The van der Waals surface area contributed by atoms with Crippen LogP contribution in [0.5, 0.6) is 0 Å². The van der Waals surface area contributed by atoms with Gasteiger partial charge < -0.3 is 10.5 Å². The Morgan fingerprint density at radius 2 is 1.80 bits per heavy atom. The molecule has 1 saturated carbocycles. The van der Waals surface area contributed by atoms with Gasteiger partial charge in [-0.1, -0.05) is 0 Å². The van der Waals surface area contributed by atoms with Gasteiger partial charge in [0.05, 0.1) is 12.7 Å². The van der Waals surface area contributed by atoms with Gasteiger partial charge in [0, 0.05) is 12.1 Å². The van der Waals surface area contributed by atoms with Crippen molar-refractivity contribution in [2.24, 2.45) is 5.73 Å². The molecule has 1 aliphatic rings. The fourth-order valence-corrected chi connectivity index (χ4v) is 1.65. The Hall–Kier alpha value is -1.00. The van der Waals surface area contributed by atoms with Gasteiger partial charge in [-0.25, -0.2) is 8.78 Å². The standard InChI is InChI=1S/C11H13F2NO/c12-8-1-7(2-9(13)3-8)6-15-11-4-10(14)5-11/h1-3,10-11H,4-6,14H2. The van der Waals surface area contributed by atoms with Crippen LogP contribution < -0.4 is 5.73 Å². The Balaban J connectivity index is 1.88. The van der Waals surface area contributed by atoms with Gasteiger partial charge >= 0.3 is 0 Å². The molecule has 4 heteroatoms. The van der Waals surface area contributed by atoms with E-state index in [4.69, 9.17) is 10.5 Å². The highest BCUT2D eigenvalue weighted by molar-refractivity contribution is 5.17. The van der Waals surface area contributed by atoms with Crippen molar-refractivity contribution in [3.63, 3.8) is 0 Å². The van der Waals surface area contributed by atoms with E-state index in [9.17, 15) is 8.78 Å². The number of ether oxygens (including phenoxy) is 1. The van der Waals surface area contributed by atoms with Crippen LogP contribution in [0, 0.1) is 11.6 Å². The maximum Gasteiger partial charge on any atom is 0.126 e. The zero-order chi connectivity index (χ0) is 10.8. The van der Waals surface area contributed by atoms with Crippen LogP contribution in [0.15, 0.2) is 18.2 Å². The Bertz CT molecular complexity index is 330. The summed E-state index contributed by atoms with van der Waals surface area (Å²) in [5, 5.41) is 0. The molecular formula is C11H13F2NO. The minimum Gasteiger partial charge on any atom is -0.373 e. The van der Waals surface area contributed by atoms with Crippen LogP contribution >= 0.6 is 0 Å². The molecule has 15 heavy (non-hydrogen) atoms. The normalized spacial score (nSPS) is 25.0. The molecule has 0 heterocycles. The molecule has 1 fully saturated rings. The first-order chi connectivity index (χ1) is 7.13. The van der Waals surface area contributed by atoms with Crippen LogP contribution in [-0.4, -0.2) is 12.1 Å². The average Bonchev–Trinajstić information content (AvgIpc) is 2.09. The van der Waals surface area contributed by atoms with E-state index in [1.54, 1.807) is 0 Å². The largest absolute Gasteiger partial charge is 0.373 e. The van der Waals surface area contributed by atoms with Crippen LogP contribution in [0.4, 0.5) is 8.78 Å². The van der Waals surface area contributed by atoms with E-state index in [0.29, 0.717) is 5.56 Å². The van der Waals surface area contributed by atoms with E-state index in [0.717, 1.165) is 18.9 Å². The highest BCUT2D eigenvalue weighted by atomic mass is 19.1. The maximum atomic E-state index is 12.8. The van der Waals surface area contributed by atoms with Crippen LogP contribution in [0.2, 0.25) is 0 Å². The van der Waals surface area contributed by atoms with Crippen LogP contribution in [0.1, 0.15) is 18.4 Å².